The number of rotatable bonds is 4. The lowest BCUT2D eigenvalue weighted by Gasteiger charge is -2.18. The van der Waals surface area contributed by atoms with Crippen LogP contribution in [0.3, 0.4) is 0 Å². The van der Waals surface area contributed by atoms with E-state index in [4.69, 9.17) is 33.7 Å². The average Bonchev–Trinajstić information content (AvgIpc) is 2.30. The summed E-state index contributed by atoms with van der Waals surface area (Å²) in [6.45, 7) is -0.0683. The van der Waals surface area contributed by atoms with Gasteiger partial charge < -0.3 is 20.7 Å². The smallest absolute Gasteiger partial charge is 0.139 e. The number of hydrogen-bond acceptors (Lipinski definition) is 4. The Morgan fingerprint density at radius 3 is 2.44 bits per heavy atom. The molecule has 0 heterocycles. The molecule has 0 aliphatic carbocycles. The highest BCUT2D eigenvalue weighted by molar-refractivity contribution is 6.43. The van der Waals surface area contributed by atoms with Crippen molar-refractivity contribution >= 4 is 23.2 Å². The lowest BCUT2D eigenvalue weighted by molar-refractivity contribution is 0.0244. The second-order valence-electron chi connectivity index (χ2n) is 3.23. The molecule has 0 radical (unpaired) electrons. The summed E-state index contributed by atoms with van der Waals surface area (Å²) in [6.07, 6.45) is -2.25. The van der Waals surface area contributed by atoms with E-state index >= 15 is 0 Å². The number of aliphatic hydroxyl groups excluding tert-OH is 2. The quantitative estimate of drug-likeness (QED) is 0.769. The molecule has 2 atom stereocenters. The van der Waals surface area contributed by atoms with E-state index in [2.05, 4.69) is 0 Å². The van der Waals surface area contributed by atoms with E-state index < -0.39 is 12.2 Å². The molecular formula is C10H13Cl2NO3. The van der Waals surface area contributed by atoms with Crippen LogP contribution in [0.5, 0.6) is 5.75 Å². The van der Waals surface area contributed by atoms with Crippen molar-refractivity contribution in [1.82, 2.24) is 0 Å². The number of halogens is 2. The maximum atomic E-state index is 9.74. The first-order valence-corrected chi connectivity index (χ1v) is 5.36. The maximum Gasteiger partial charge on any atom is 0.139 e. The van der Waals surface area contributed by atoms with Crippen LogP contribution in [0, 0.1) is 0 Å². The molecule has 2 unspecified atom stereocenters. The summed E-state index contributed by atoms with van der Waals surface area (Å²) in [5.41, 5.74) is 5.57. The summed E-state index contributed by atoms with van der Waals surface area (Å²) in [5, 5.41) is 19.5. The molecule has 4 nitrogen and oxygen atoms in total. The molecule has 0 aromatic heterocycles. The summed E-state index contributed by atoms with van der Waals surface area (Å²) >= 11 is 11.9. The minimum atomic E-state index is -1.17. The van der Waals surface area contributed by atoms with Crippen molar-refractivity contribution in [3.63, 3.8) is 0 Å². The zero-order chi connectivity index (χ0) is 12.3. The van der Waals surface area contributed by atoms with Crippen molar-refractivity contribution in [3.8, 4) is 5.75 Å². The van der Waals surface area contributed by atoms with Gasteiger partial charge in [0.25, 0.3) is 0 Å². The van der Waals surface area contributed by atoms with Gasteiger partial charge in [0.1, 0.15) is 16.9 Å². The fourth-order valence-corrected chi connectivity index (χ4v) is 1.79. The molecule has 0 saturated heterocycles. The summed E-state index contributed by atoms with van der Waals surface area (Å²) in [6, 6.07) is 3.10. The van der Waals surface area contributed by atoms with Crippen molar-refractivity contribution in [2.75, 3.05) is 13.7 Å². The van der Waals surface area contributed by atoms with Crippen LogP contribution in [0.2, 0.25) is 10.0 Å². The van der Waals surface area contributed by atoms with Gasteiger partial charge in [-0.25, -0.2) is 0 Å². The predicted molar refractivity (Wildman–Crippen MR) is 63.0 cm³/mol. The fourth-order valence-electron chi connectivity index (χ4n) is 1.27. The third kappa shape index (κ3) is 2.59. The van der Waals surface area contributed by atoms with Crippen LogP contribution in [-0.2, 0) is 0 Å². The summed E-state index contributed by atoms with van der Waals surface area (Å²) in [4.78, 5) is 0. The van der Waals surface area contributed by atoms with E-state index in [1.807, 2.05) is 0 Å². The van der Waals surface area contributed by atoms with Gasteiger partial charge in [0, 0.05) is 12.1 Å². The van der Waals surface area contributed by atoms with Crippen LogP contribution in [-0.4, -0.2) is 30.0 Å². The lowest BCUT2D eigenvalue weighted by Crippen LogP contribution is -2.27. The number of aliphatic hydroxyl groups is 2. The molecule has 4 N–H and O–H groups in total. The molecule has 1 rings (SSSR count). The third-order valence-electron chi connectivity index (χ3n) is 2.22. The molecule has 6 heteroatoms. The number of nitrogens with two attached hydrogens (primary N) is 1. The fraction of sp³-hybridized carbons (Fsp3) is 0.400. The topological polar surface area (TPSA) is 75.7 Å². The monoisotopic (exact) mass is 265 g/mol. The lowest BCUT2D eigenvalue weighted by atomic mass is 10.0. The van der Waals surface area contributed by atoms with E-state index in [1.165, 1.54) is 13.2 Å². The Labute approximate surface area is 104 Å². The minimum Gasteiger partial charge on any atom is -0.495 e. The first-order chi connectivity index (χ1) is 7.52. The Balaban J connectivity index is 3.11. The first kappa shape index (κ1) is 13.5. The summed E-state index contributed by atoms with van der Waals surface area (Å²) in [7, 11) is 1.46. The van der Waals surface area contributed by atoms with E-state index in [1.54, 1.807) is 6.07 Å². The molecule has 0 bridgehead atoms. The largest absolute Gasteiger partial charge is 0.495 e. The molecule has 0 aliphatic heterocycles. The molecule has 0 saturated carbocycles. The SMILES string of the molecule is COc1ccc(C(O)C(O)CN)c(Cl)c1Cl. The molecular weight excluding hydrogens is 253 g/mol. The van der Waals surface area contributed by atoms with E-state index in [9.17, 15) is 10.2 Å². The Kier molecular flexibility index (Phi) is 4.83. The van der Waals surface area contributed by atoms with Gasteiger partial charge in [-0.05, 0) is 6.07 Å². The van der Waals surface area contributed by atoms with Crippen molar-refractivity contribution in [3.05, 3.63) is 27.7 Å². The predicted octanol–water partition coefficient (Wildman–Crippen LogP) is 1.36. The van der Waals surface area contributed by atoms with Crippen LogP contribution in [0.15, 0.2) is 12.1 Å². The zero-order valence-corrected chi connectivity index (χ0v) is 10.2. The maximum absolute atomic E-state index is 9.74. The van der Waals surface area contributed by atoms with Crippen LogP contribution < -0.4 is 10.5 Å². The standard InChI is InChI=1S/C10H13Cl2NO3/c1-16-7-3-2-5(8(11)9(7)12)10(15)6(14)4-13/h2-3,6,10,14-15H,4,13H2,1H3. The molecule has 0 fully saturated rings. The van der Waals surface area contributed by atoms with Gasteiger partial charge in [0.2, 0.25) is 0 Å². The highest BCUT2D eigenvalue weighted by atomic mass is 35.5. The van der Waals surface area contributed by atoms with Crippen molar-refractivity contribution in [2.24, 2.45) is 5.73 Å². The van der Waals surface area contributed by atoms with Gasteiger partial charge in [0.15, 0.2) is 0 Å². The van der Waals surface area contributed by atoms with Gasteiger partial charge in [-0.2, -0.15) is 0 Å². The highest BCUT2D eigenvalue weighted by Crippen LogP contribution is 2.37. The Hall–Kier alpha value is -0.520. The average molecular weight is 266 g/mol. The Morgan fingerprint density at radius 1 is 1.31 bits per heavy atom. The number of hydrogen-bond donors (Lipinski definition) is 3. The normalized spacial score (nSPS) is 14.6. The van der Waals surface area contributed by atoms with E-state index in [-0.39, 0.29) is 16.6 Å². The zero-order valence-electron chi connectivity index (χ0n) is 8.65. The molecule has 0 amide bonds. The molecule has 1 aromatic rings. The van der Waals surface area contributed by atoms with Crippen LogP contribution in [0.4, 0.5) is 0 Å². The highest BCUT2D eigenvalue weighted by Gasteiger charge is 2.22. The van der Waals surface area contributed by atoms with Gasteiger partial charge in [-0.3, -0.25) is 0 Å². The van der Waals surface area contributed by atoms with Crippen molar-refractivity contribution in [1.29, 1.82) is 0 Å². The van der Waals surface area contributed by atoms with Crippen molar-refractivity contribution < 1.29 is 14.9 Å². The number of methoxy groups -OCH3 is 1. The molecule has 1 aromatic carbocycles. The van der Waals surface area contributed by atoms with E-state index in [0.29, 0.717) is 11.3 Å². The number of ether oxygens (including phenoxy) is 1. The minimum absolute atomic E-state index is 0.0683. The van der Waals surface area contributed by atoms with Crippen molar-refractivity contribution in [2.45, 2.75) is 12.2 Å². The molecule has 16 heavy (non-hydrogen) atoms. The second kappa shape index (κ2) is 5.70. The third-order valence-corrected chi connectivity index (χ3v) is 3.10. The van der Waals surface area contributed by atoms with Gasteiger partial charge in [-0.15, -0.1) is 0 Å². The second-order valence-corrected chi connectivity index (χ2v) is 3.99. The van der Waals surface area contributed by atoms with Crippen LogP contribution in [0.25, 0.3) is 0 Å². The first-order valence-electron chi connectivity index (χ1n) is 4.61. The Morgan fingerprint density at radius 2 is 1.94 bits per heavy atom. The molecule has 0 aliphatic rings. The van der Waals surface area contributed by atoms with Gasteiger partial charge >= 0.3 is 0 Å². The van der Waals surface area contributed by atoms with E-state index in [0.717, 1.165) is 0 Å². The number of benzene rings is 1. The Bertz CT molecular complexity index is 373. The summed E-state index contributed by atoms with van der Waals surface area (Å²) < 4.78 is 4.96. The molecule has 90 valence electrons. The summed E-state index contributed by atoms with van der Waals surface area (Å²) in [5.74, 6) is 0.407. The van der Waals surface area contributed by atoms with Gasteiger partial charge in [0.05, 0.1) is 18.2 Å². The molecule has 0 spiro atoms. The van der Waals surface area contributed by atoms with Crippen LogP contribution in [0.1, 0.15) is 11.7 Å². The van der Waals surface area contributed by atoms with Crippen LogP contribution >= 0.6 is 23.2 Å². The van der Waals surface area contributed by atoms with Gasteiger partial charge in [-0.1, -0.05) is 29.3 Å².